The number of allylic oxidation sites excluding steroid dienone is 3. The Balaban J connectivity index is 1.65. The predicted octanol–water partition coefficient (Wildman–Crippen LogP) is 6.28. The molecule has 0 radical (unpaired) electrons. The van der Waals surface area contributed by atoms with Crippen LogP contribution in [0, 0.1) is 45.3 Å². The Labute approximate surface area is 202 Å². The van der Waals surface area contributed by atoms with Crippen molar-refractivity contribution < 1.29 is 15.3 Å². The third kappa shape index (κ3) is 3.71. The van der Waals surface area contributed by atoms with Gasteiger partial charge >= 0.3 is 0 Å². The maximum atomic E-state index is 10.8. The van der Waals surface area contributed by atoms with Gasteiger partial charge in [-0.2, -0.15) is 0 Å². The van der Waals surface area contributed by atoms with Crippen molar-refractivity contribution in [3.63, 3.8) is 0 Å². The summed E-state index contributed by atoms with van der Waals surface area (Å²) >= 11 is 0. The van der Waals surface area contributed by atoms with Crippen molar-refractivity contribution in [1.82, 2.24) is 0 Å². The van der Waals surface area contributed by atoms with Gasteiger partial charge in [0.1, 0.15) is 0 Å². The highest BCUT2D eigenvalue weighted by molar-refractivity contribution is 5.33. The van der Waals surface area contributed by atoms with E-state index in [0.29, 0.717) is 24.2 Å². The molecule has 0 unspecified atom stereocenters. The van der Waals surface area contributed by atoms with Crippen LogP contribution in [0.3, 0.4) is 0 Å². The van der Waals surface area contributed by atoms with Crippen LogP contribution in [0.15, 0.2) is 23.3 Å². The van der Waals surface area contributed by atoms with Crippen LogP contribution < -0.4 is 0 Å². The van der Waals surface area contributed by atoms with E-state index < -0.39 is 6.10 Å². The van der Waals surface area contributed by atoms with E-state index in [1.807, 2.05) is 19.9 Å². The number of hydrogen-bond acceptors (Lipinski definition) is 3. The highest BCUT2D eigenvalue weighted by Gasteiger charge is 2.65. The van der Waals surface area contributed by atoms with E-state index in [1.165, 1.54) is 19.3 Å². The average molecular weight is 459 g/mol. The standard InChI is InChI=1S/C30H50O3/c1-19(2)16-21(32)17-20(18-31)22-10-14-30(7)24-8-9-25-27(3,4)26(33)12-13-28(25,5)23(24)11-15-29(22,30)6/h8,16,20-23,25-26,31-33H,9-15,17-18H2,1-7H3/t20-,21+,22+,23-,25+,26+,28-,29+,30-/m1/s1. The molecule has 3 N–H and O–H groups in total. The smallest absolute Gasteiger partial charge is 0.0726 e. The normalized spacial score (nSPS) is 45.8. The van der Waals surface area contributed by atoms with E-state index in [1.54, 1.807) is 5.57 Å². The molecule has 9 atom stereocenters. The molecule has 0 aromatic heterocycles. The van der Waals surface area contributed by atoms with Crippen LogP contribution in [-0.4, -0.2) is 34.1 Å². The molecule has 188 valence electrons. The zero-order chi connectivity index (χ0) is 24.4. The summed E-state index contributed by atoms with van der Waals surface area (Å²) in [7, 11) is 0. The van der Waals surface area contributed by atoms with Crippen molar-refractivity contribution in [1.29, 1.82) is 0 Å². The van der Waals surface area contributed by atoms with E-state index in [9.17, 15) is 15.3 Å². The van der Waals surface area contributed by atoms with Crippen molar-refractivity contribution in [3.05, 3.63) is 23.3 Å². The van der Waals surface area contributed by atoms with Crippen molar-refractivity contribution in [2.24, 2.45) is 45.3 Å². The first kappa shape index (κ1) is 25.5. The van der Waals surface area contributed by atoms with Gasteiger partial charge in [0.25, 0.3) is 0 Å². The molecule has 4 aliphatic carbocycles. The number of hydrogen-bond donors (Lipinski definition) is 3. The van der Waals surface area contributed by atoms with Crippen molar-refractivity contribution >= 4 is 0 Å². The van der Waals surface area contributed by atoms with Gasteiger partial charge in [-0.15, -0.1) is 0 Å². The number of aliphatic hydroxyl groups is 3. The van der Waals surface area contributed by atoms with E-state index >= 15 is 0 Å². The Morgan fingerprint density at radius 1 is 1.06 bits per heavy atom. The summed E-state index contributed by atoms with van der Waals surface area (Å²) in [5, 5.41) is 31.8. The molecule has 0 aliphatic heterocycles. The molecule has 0 aromatic carbocycles. The molecule has 0 saturated heterocycles. The average Bonchev–Trinajstić information content (AvgIpc) is 3.00. The lowest BCUT2D eigenvalue weighted by molar-refractivity contribution is -0.132. The Bertz CT molecular complexity index is 807. The molecule has 3 fully saturated rings. The molecular formula is C30H50O3. The molecule has 3 saturated carbocycles. The van der Waals surface area contributed by atoms with Crippen molar-refractivity contribution in [2.75, 3.05) is 6.61 Å². The first-order valence-corrected chi connectivity index (χ1v) is 13.6. The van der Waals surface area contributed by atoms with Gasteiger partial charge in [0, 0.05) is 6.61 Å². The van der Waals surface area contributed by atoms with Crippen molar-refractivity contribution in [2.45, 2.75) is 112 Å². The minimum atomic E-state index is -0.469. The lowest BCUT2D eigenvalue weighted by Gasteiger charge is -2.64. The monoisotopic (exact) mass is 458 g/mol. The zero-order valence-electron chi connectivity index (χ0n) is 22.3. The summed E-state index contributed by atoms with van der Waals surface area (Å²) in [6.07, 6.45) is 12.5. The van der Waals surface area contributed by atoms with E-state index in [4.69, 9.17) is 0 Å². The van der Waals surface area contributed by atoms with E-state index in [0.717, 1.165) is 31.3 Å². The molecular weight excluding hydrogens is 408 g/mol. The fourth-order valence-electron chi connectivity index (χ4n) is 9.63. The fourth-order valence-corrected chi connectivity index (χ4v) is 9.63. The lowest BCUT2D eigenvalue weighted by Crippen LogP contribution is -2.58. The zero-order valence-corrected chi connectivity index (χ0v) is 22.3. The minimum absolute atomic E-state index is 0.0298. The second kappa shape index (κ2) is 8.49. The van der Waals surface area contributed by atoms with Crippen LogP contribution in [0.5, 0.6) is 0 Å². The molecule has 33 heavy (non-hydrogen) atoms. The van der Waals surface area contributed by atoms with E-state index in [2.05, 4.69) is 40.7 Å². The molecule has 3 nitrogen and oxygen atoms in total. The van der Waals surface area contributed by atoms with Gasteiger partial charge in [0.15, 0.2) is 0 Å². The van der Waals surface area contributed by atoms with Gasteiger partial charge in [-0.25, -0.2) is 0 Å². The molecule has 0 spiro atoms. The molecule has 3 heteroatoms. The van der Waals surface area contributed by atoms with Gasteiger partial charge in [-0.05, 0) is 111 Å². The Kier molecular flexibility index (Phi) is 6.55. The summed E-state index contributed by atoms with van der Waals surface area (Å²) in [4.78, 5) is 0. The lowest BCUT2D eigenvalue weighted by atomic mass is 9.41. The molecule has 0 aromatic rings. The van der Waals surface area contributed by atoms with Crippen LogP contribution in [-0.2, 0) is 0 Å². The van der Waals surface area contributed by atoms with Gasteiger partial charge in [-0.1, -0.05) is 57.9 Å². The highest BCUT2D eigenvalue weighted by atomic mass is 16.3. The first-order valence-electron chi connectivity index (χ1n) is 13.6. The highest BCUT2D eigenvalue weighted by Crippen LogP contribution is 2.73. The molecule has 4 aliphatic rings. The molecule has 0 amide bonds. The van der Waals surface area contributed by atoms with Gasteiger partial charge in [-0.3, -0.25) is 0 Å². The second-order valence-corrected chi connectivity index (χ2v) is 13.8. The Morgan fingerprint density at radius 2 is 1.76 bits per heavy atom. The maximum Gasteiger partial charge on any atom is 0.0726 e. The largest absolute Gasteiger partial charge is 0.396 e. The van der Waals surface area contributed by atoms with Crippen LogP contribution in [0.1, 0.15) is 99.8 Å². The van der Waals surface area contributed by atoms with Crippen LogP contribution in [0.2, 0.25) is 0 Å². The van der Waals surface area contributed by atoms with E-state index in [-0.39, 0.29) is 40.3 Å². The van der Waals surface area contributed by atoms with Crippen LogP contribution >= 0.6 is 0 Å². The Morgan fingerprint density at radius 3 is 2.39 bits per heavy atom. The number of fused-ring (bicyclic) bond motifs is 5. The third-order valence-electron chi connectivity index (χ3n) is 11.8. The molecule has 0 bridgehead atoms. The second-order valence-electron chi connectivity index (χ2n) is 13.8. The SMILES string of the molecule is CC(C)=C[C@H](O)C[C@H](CO)[C@@H]1CC[C@]2(C)C3=CC[C@H]4C(C)(C)[C@@H](O)CC[C@]4(C)[C@@H]3CC[C@@]12C. The van der Waals surface area contributed by atoms with Gasteiger partial charge < -0.3 is 15.3 Å². The predicted molar refractivity (Wildman–Crippen MR) is 136 cm³/mol. The number of rotatable bonds is 5. The summed E-state index contributed by atoms with van der Waals surface area (Å²) in [6.45, 7) is 16.4. The summed E-state index contributed by atoms with van der Waals surface area (Å²) in [6, 6.07) is 0. The molecule has 0 heterocycles. The van der Waals surface area contributed by atoms with Crippen molar-refractivity contribution in [3.8, 4) is 0 Å². The quantitative estimate of drug-likeness (QED) is 0.425. The minimum Gasteiger partial charge on any atom is -0.396 e. The maximum absolute atomic E-state index is 10.8. The van der Waals surface area contributed by atoms with Crippen LogP contribution in [0.25, 0.3) is 0 Å². The third-order valence-corrected chi connectivity index (χ3v) is 11.8. The van der Waals surface area contributed by atoms with Gasteiger partial charge in [0.2, 0.25) is 0 Å². The number of aliphatic hydroxyl groups excluding tert-OH is 3. The first-order chi connectivity index (χ1) is 15.3. The Hall–Kier alpha value is -0.640. The summed E-state index contributed by atoms with van der Waals surface area (Å²) < 4.78 is 0. The van der Waals surface area contributed by atoms with Gasteiger partial charge in [0.05, 0.1) is 12.2 Å². The fraction of sp³-hybridized carbons (Fsp3) is 0.867. The topological polar surface area (TPSA) is 60.7 Å². The summed E-state index contributed by atoms with van der Waals surface area (Å²) in [5.74, 6) is 1.75. The summed E-state index contributed by atoms with van der Waals surface area (Å²) in [5.41, 5.74) is 3.41. The molecule has 4 rings (SSSR count). The van der Waals surface area contributed by atoms with Crippen LogP contribution in [0.4, 0.5) is 0 Å².